The molecule has 4 N–H and O–H groups in total. The van der Waals surface area contributed by atoms with E-state index in [9.17, 15) is 29.4 Å². The lowest BCUT2D eigenvalue weighted by Gasteiger charge is -2.23. The van der Waals surface area contributed by atoms with E-state index in [1.54, 1.807) is 0 Å². The topological polar surface area (TPSA) is 179 Å². The summed E-state index contributed by atoms with van der Waals surface area (Å²) in [6.07, 6.45) is 0. The molecule has 0 spiro atoms. The Kier molecular flexibility index (Phi) is 8.17. The van der Waals surface area contributed by atoms with Crippen molar-refractivity contribution in [3.63, 3.8) is 0 Å². The van der Waals surface area contributed by atoms with Crippen molar-refractivity contribution < 1.29 is 44.7 Å². The van der Waals surface area contributed by atoms with Crippen molar-refractivity contribution in [3.05, 3.63) is 29.3 Å². The second kappa shape index (κ2) is 10.1. The molecule has 0 fully saturated rings. The number of benzene rings is 1. The minimum atomic E-state index is -1.49. The summed E-state index contributed by atoms with van der Waals surface area (Å²) < 4.78 is 0. The van der Waals surface area contributed by atoms with Gasteiger partial charge in [0.2, 0.25) is 0 Å². The molecule has 0 aliphatic rings. The maximum absolute atomic E-state index is 10.9. The van der Waals surface area contributed by atoms with Crippen LogP contribution in [0.1, 0.15) is 11.1 Å². The highest BCUT2D eigenvalue weighted by molar-refractivity contribution is 5.73. The van der Waals surface area contributed by atoms with E-state index in [2.05, 4.69) is 0 Å². The largest absolute Gasteiger partial charge is 0.549 e. The second-order valence-corrected chi connectivity index (χ2v) is 5.77. The van der Waals surface area contributed by atoms with E-state index < -0.39 is 50.1 Å². The molecular formula is C16H19N2O9-. The number of carbonyl (C=O) groups is 4. The van der Waals surface area contributed by atoms with Crippen molar-refractivity contribution in [1.29, 1.82) is 0 Å². The molecule has 0 aliphatic heterocycles. The number of para-hydroxylation sites is 1. The summed E-state index contributed by atoms with van der Waals surface area (Å²) in [6, 6.07) is 4.40. The van der Waals surface area contributed by atoms with Crippen LogP contribution in [0.4, 0.5) is 0 Å². The SMILES string of the molecule is O=C([O-])CN(CC(=O)O)Cc1cccc(CN(CC(=O)O)CC(=O)O)c1O. The number of hydrogen-bond acceptors (Lipinski definition) is 8. The van der Waals surface area contributed by atoms with Gasteiger partial charge < -0.3 is 30.3 Å². The molecule has 1 aromatic carbocycles. The molecule has 1 aromatic rings. The third-order valence-corrected chi connectivity index (χ3v) is 3.42. The Morgan fingerprint density at radius 1 is 0.778 bits per heavy atom. The van der Waals surface area contributed by atoms with Gasteiger partial charge in [0.25, 0.3) is 0 Å². The van der Waals surface area contributed by atoms with E-state index in [1.807, 2.05) is 0 Å². The van der Waals surface area contributed by atoms with E-state index in [-0.39, 0.29) is 30.0 Å². The van der Waals surface area contributed by atoms with Crippen molar-refractivity contribution in [3.8, 4) is 5.75 Å². The van der Waals surface area contributed by atoms with Crippen molar-refractivity contribution >= 4 is 23.9 Å². The van der Waals surface area contributed by atoms with Crippen LogP contribution >= 0.6 is 0 Å². The zero-order chi connectivity index (χ0) is 20.6. The fourth-order valence-corrected chi connectivity index (χ4v) is 2.47. The van der Waals surface area contributed by atoms with Gasteiger partial charge in [-0.25, -0.2) is 0 Å². The zero-order valence-corrected chi connectivity index (χ0v) is 14.2. The minimum absolute atomic E-state index is 0.183. The summed E-state index contributed by atoms with van der Waals surface area (Å²) >= 11 is 0. The van der Waals surface area contributed by atoms with Crippen molar-refractivity contribution in [1.82, 2.24) is 9.80 Å². The maximum atomic E-state index is 10.9. The number of nitrogens with zero attached hydrogens (tertiary/aromatic N) is 2. The van der Waals surface area contributed by atoms with Gasteiger partial charge >= 0.3 is 17.9 Å². The van der Waals surface area contributed by atoms with Gasteiger partial charge in [0.05, 0.1) is 25.6 Å². The van der Waals surface area contributed by atoms with Crippen LogP contribution in [-0.2, 0) is 32.3 Å². The normalized spacial score (nSPS) is 10.9. The first-order valence-electron chi connectivity index (χ1n) is 7.68. The average Bonchev–Trinajstić information content (AvgIpc) is 2.48. The predicted molar refractivity (Wildman–Crippen MR) is 86.6 cm³/mol. The van der Waals surface area contributed by atoms with Crippen LogP contribution in [0.2, 0.25) is 0 Å². The molecule has 0 aliphatic carbocycles. The monoisotopic (exact) mass is 383 g/mol. The molecule has 11 heteroatoms. The molecule has 0 bridgehead atoms. The van der Waals surface area contributed by atoms with E-state index in [0.29, 0.717) is 0 Å². The number of phenolic OH excluding ortho intramolecular Hbond substituents is 1. The van der Waals surface area contributed by atoms with Gasteiger partial charge in [-0.05, 0) is 0 Å². The van der Waals surface area contributed by atoms with Crippen LogP contribution in [-0.4, -0.2) is 80.3 Å². The average molecular weight is 383 g/mol. The van der Waals surface area contributed by atoms with Gasteiger partial charge in [-0.2, -0.15) is 0 Å². The molecule has 0 atom stereocenters. The van der Waals surface area contributed by atoms with Crippen LogP contribution in [0.15, 0.2) is 18.2 Å². The van der Waals surface area contributed by atoms with Gasteiger partial charge in [-0.3, -0.25) is 24.2 Å². The van der Waals surface area contributed by atoms with Gasteiger partial charge in [0.15, 0.2) is 0 Å². The second-order valence-electron chi connectivity index (χ2n) is 5.77. The Balaban J connectivity index is 3.01. The smallest absolute Gasteiger partial charge is 0.317 e. The molecule has 0 saturated heterocycles. The Bertz CT molecular complexity index is 632. The van der Waals surface area contributed by atoms with Gasteiger partial charge in [0.1, 0.15) is 5.75 Å². The Morgan fingerprint density at radius 3 is 1.48 bits per heavy atom. The number of carboxylic acid groups (broad SMARTS) is 4. The quantitative estimate of drug-likeness (QED) is 0.313. The van der Waals surface area contributed by atoms with Crippen LogP contribution in [0.3, 0.4) is 0 Å². The number of hydrogen-bond donors (Lipinski definition) is 4. The number of carbonyl (C=O) groups excluding carboxylic acids is 1. The molecule has 1 rings (SSSR count). The van der Waals surface area contributed by atoms with Gasteiger partial charge in [-0.15, -0.1) is 0 Å². The number of phenols is 1. The van der Waals surface area contributed by atoms with Crippen LogP contribution in [0.25, 0.3) is 0 Å². The molecule has 0 aromatic heterocycles. The van der Waals surface area contributed by atoms with Crippen molar-refractivity contribution in [2.24, 2.45) is 0 Å². The molecule has 0 radical (unpaired) electrons. The van der Waals surface area contributed by atoms with Crippen LogP contribution < -0.4 is 5.11 Å². The maximum Gasteiger partial charge on any atom is 0.317 e. The Labute approximate surface area is 153 Å². The molecular weight excluding hydrogens is 364 g/mol. The van der Waals surface area contributed by atoms with Crippen molar-refractivity contribution in [2.75, 3.05) is 26.2 Å². The van der Waals surface area contributed by atoms with E-state index in [4.69, 9.17) is 15.3 Å². The Hall–Kier alpha value is -3.18. The molecule has 11 nitrogen and oxygen atoms in total. The van der Waals surface area contributed by atoms with Crippen molar-refractivity contribution in [2.45, 2.75) is 13.1 Å². The summed E-state index contributed by atoms with van der Waals surface area (Å²) in [5, 5.41) is 47.7. The third kappa shape index (κ3) is 8.16. The molecule has 27 heavy (non-hydrogen) atoms. The number of aliphatic carboxylic acids is 4. The highest BCUT2D eigenvalue weighted by Gasteiger charge is 2.18. The lowest BCUT2D eigenvalue weighted by atomic mass is 10.1. The summed E-state index contributed by atoms with van der Waals surface area (Å²) in [5.41, 5.74) is 0.430. The number of rotatable bonds is 12. The highest BCUT2D eigenvalue weighted by Crippen LogP contribution is 2.25. The standard InChI is InChI=1S/C16H20N2O9/c19-12(20)6-17(7-13(21)22)4-10-2-1-3-11(16(10)27)5-18(8-14(23)24)9-15(25)26/h1-3,27H,4-9H2,(H,19,20)(H,21,22)(H,23,24)(H,25,26)/p-1. The predicted octanol–water partition coefficient (Wildman–Crippen LogP) is -2.00. The highest BCUT2D eigenvalue weighted by atomic mass is 16.4. The summed E-state index contributed by atoms with van der Waals surface area (Å²) in [4.78, 5) is 45.4. The third-order valence-electron chi connectivity index (χ3n) is 3.42. The lowest BCUT2D eigenvalue weighted by Crippen LogP contribution is -2.40. The molecule has 0 saturated carbocycles. The van der Waals surface area contributed by atoms with E-state index >= 15 is 0 Å². The minimum Gasteiger partial charge on any atom is -0.549 e. The molecule has 0 amide bonds. The summed E-state index contributed by atoms with van der Waals surface area (Å²) in [7, 11) is 0. The van der Waals surface area contributed by atoms with Gasteiger partial charge in [-0.1, -0.05) is 18.2 Å². The summed E-state index contributed by atoms with van der Waals surface area (Å²) in [5.74, 6) is -5.53. The first-order valence-corrected chi connectivity index (χ1v) is 7.68. The van der Waals surface area contributed by atoms with Crippen LogP contribution in [0.5, 0.6) is 5.75 Å². The van der Waals surface area contributed by atoms with E-state index in [0.717, 1.165) is 9.80 Å². The van der Waals surface area contributed by atoms with E-state index in [1.165, 1.54) is 18.2 Å². The first kappa shape index (κ1) is 21.9. The Morgan fingerprint density at radius 2 is 1.15 bits per heavy atom. The number of carboxylic acids is 4. The van der Waals surface area contributed by atoms with Gasteiger partial charge in [0, 0.05) is 30.8 Å². The first-order chi connectivity index (χ1) is 12.6. The summed E-state index contributed by atoms with van der Waals surface area (Å²) in [6.45, 7) is -2.78. The molecule has 0 unspecified atom stereocenters. The number of aromatic hydroxyl groups is 1. The lowest BCUT2D eigenvalue weighted by molar-refractivity contribution is -0.306. The molecule has 148 valence electrons. The van der Waals surface area contributed by atoms with Crippen LogP contribution in [0, 0.1) is 0 Å². The molecule has 0 heterocycles. The fourth-order valence-electron chi connectivity index (χ4n) is 2.47. The fraction of sp³-hybridized carbons (Fsp3) is 0.375. The zero-order valence-electron chi connectivity index (χ0n) is 14.2.